The number of anilines is 1. The molecule has 2 rings (SSSR count). The van der Waals surface area contributed by atoms with Crippen molar-refractivity contribution in [3.8, 4) is 10.4 Å². The molecule has 0 amide bonds. The first-order chi connectivity index (χ1) is 9.26. The highest BCUT2D eigenvalue weighted by Gasteiger charge is 2.22. The van der Waals surface area contributed by atoms with E-state index in [9.17, 15) is 4.79 Å². The summed E-state index contributed by atoms with van der Waals surface area (Å²) in [4.78, 5) is 13.5. The normalized spacial score (nSPS) is 11.4. The fraction of sp³-hybridized carbons (Fsp3) is 0.312. The van der Waals surface area contributed by atoms with Gasteiger partial charge in [0, 0.05) is 4.88 Å². The van der Waals surface area contributed by atoms with Crippen molar-refractivity contribution in [3.05, 3.63) is 40.8 Å². The van der Waals surface area contributed by atoms with Gasteiger partial charge in [0.2, 0.25) is 0 Å². The topological polar surface area (TPSA) is 52.3 Å². The molecular weight excluding hydrogens is 270 g/mol. The lowest BCUT2D eigenvalue weighted by molar-refractivity contribution is 0.00764. The summed E-state index contributed by atoms with van der Waals surface area (Å²) in [7, 11) is 0. The molecule has 0 aliphatic carbocycles. The van der Waals surface area contributed by atoms with E-state index in [4.69, 9.17) is 10.5 Å². The van der Waals surface area contributed by atoms with Crippen molar-refractivity contribution in [2.24, 2.45) is 0 Å². The number of esters is 1. The highest BCUT2D eigenvalue weighted by atomic mass is 32.1. The second-order valence-electron chi connectivity index (χ2n) is 5.76. The molecule has 20 heavy (non-hydrogen) atoms. The molecule has 0 saturated heterocycles. The molecule has 0 saturated carbocycles. The number of hydrogen-bond donors (Lipinski definition) is 1. The van der Waals surface area contributed by atoms with Crippen LogP contribution in [0.4, 0.5) is 5.69 Å². The Morgan fingerprint density at radius 3 is 2.35 bits per heavy atom. The van der Waals surface area contributed by atoms with Gasteiger partial charge in [-0.25, -0.2) is 4.79 Å². The van der Waals surface area contributed by atoms with E-state index in [1.165, 1.54) is 16.9 Å². The first-order valence-corrected chi connectivity index (χ1v) is 7.27. The van der Waals surface area contributed by atoms with Crippen molar-refractivity contribution >= 4 is 23.0 Å². The van der Waals surface area contributed by atoms with Gasteiger partial charge in [-0.1, -0.05) is 29.8 Å². The minimum Gasteiger partial charge on any atom is -0.456 e. The highest BCUT2D eigenvalue weighted by Crippen LogP contribution is 2.34. The smallest absolute Gasteiger partial charge is 0.350 e. The lowest BCUT2D eigenvalue weighted by Crippen LogP contribution is -2.23. The summed E-state index contributed by atoms with van der Waals surface area (Å²) in [5, 5.41) is 0. The third-order valence-electron chi connectivity index (χ3n) is 2.68. The Balaban J connectivity index is 2.30. The van der Waals surface area contributed by atoms with Crippen LogP contribution in [0.5, 0.6) is 0 Å². The van der Waals surface area contributed by atoms with Crippen molar-refractivity contribution in [3.63, 3.8) is 0 Å². The molecule has 2 aromatic rings. The lowest BCUT2D eigenvalue weighted by Gasteiger charge is -2.18. The molecule has 106 valence electrons. The average Bonchev–Trinajstić information content (AvgIpc) is 2.70. The summed E-state index contributed by atoms with van der Waals surface area (Å²) in [6, 6.07) is 9.96. The maximum Gasteiger partial charge on any atom is 0.350 e. The maximum absolute atomic E-state index is 12.1. The second-order valence-corrected chi connectivity index (χ2v) is 6.82. The van der Waals surface area contributed by atoms with Crippen LogP contribution in [0.2, 0.25) is 0 Å². The van der Waals surface area contributed by atoms with Gasteiger partial charge >= 0.3 is 5.97 Å². The van der Waals surface area contributed by atoms with E-state index in [-0.39, 0.29) is 5.97 Å². The molecule has 0 spiro atoms. The minimum absolute atomic E-state index is 0.363. The van der Waals surface area contributed by atoms with E-state index in [1.54, 1.807) is 0 Å². The molecule has 0 bridgehead atoms. The van der Waals surface area contributed by atoms with Gasteiger partial charge in [-0.15, -0.1) is 11.3 Å². The van der Waals surface area contributed by atoms with Crippen LogP contribution in [0.15, 0.2) is 30.3 Å². The number of aryl methyl sites for hydroxylation is 1. The van der Waals surface area contributed by atoms with Gasteiger partial charge in [0.05, 0.1) is 5.69 Å². The monoisotopic (exact) mass is 289 g/mol. The van der Waals surface area contributed by atoms with Crippen LogP contribution in [0.25, 0.3) is 10.4 Å². The fourth-order valence-corrected chi connectivity index (χ4v) is 2.71. The van der Waals surface area contributed by atoms with Crippen molar-refractivity contribution in [2.75, 3.05) is 5.73 Å². The molecule has 0 fully saturated rings. The van der Waals surface area contributed by atoms with E-state index < -0.39 is 5.60 Å². The quantitative estimate of drug-likeness (QED) is 0.840. The number of hydrogen-bond acceptors (Lipinski definition) is 4. The zero-order chi connectivity index (χ0) is 14.9. The molecule has 0 radical (unpaired) electrons. The third-order valence-corrected chi connectivity index (χ3v) is 3.86. The molecule has 3 nitrogen and oxygen atoms in total. The van der Waals surface area contributed by atoms with Gasteiger partial charge in [0.25, 0.3) is 0 Å². The van der Waals surface area contributed by atoms with E-state index in [1.807, 2.05) is 58.0 Å². The Hall–Kier alpha value is -1.81. The van der Waals surface area contributed by atoms with Crippen LogP contribution in [0.3, 0.4) is 0 Å². The van der Waals surface area contributed by atoms with Crippen LogP contribution in [0.1, 0.15) is 36.0 Å². The van der Waals surface area contributed by atoms with E-state index in [0.717, 1.165) is 10.4 Å². The minimum atomic E-state index is -0.516. The Bertz CT molecular complexity index is 621. The number of rotatable bonds is 2. The summed E-state index contributed by atoms with van der Waals surface area (Å²) in [5.41, 5.74) is 8.15. The van der Waals surface area contributed by atoms with Crippen LogP contribution in [-0.2, 0) is 4.74 Å². The number of ether oxygens (including phenoxy) is 1. The first-order valence-electron chi connectivity index (χ1n) is 6.46. The zero-order valence-corrected chi connectivity index (χ0v) is 13.0. The number of thiophene rings is 1. The predicted octanol–water partition coefficient (Wildman–Crippen LogP) is 4.26. The SMILES string of the molecule is Cc1ccc(-c2cc(N)c(C(=O)OC(C)(C)C)s2)cc1. The van der Waals surface area contributed by atoms with Crippen LogP contribution in [-0.4, -0.2) is 11.6 Å². The molecular formula is C16H19NO2S. The van der Waals surface area contributed by atoms with Crippen LogP contribution < -0.4 is 5.73 Å². The van der Waals surface area contributed by atoms with Gasteiger partial charge < -0.3 is 10.5 Å². The molecule has 0 aliphatic rings. The molecule has 0 atom stereocenters. The van der Waals surface area contributed by atoms with E-state index >= 15 is 0 Å². The van der Waals surface area contributed by atoms with Crippen molar-refractivity contribution < 1.29 is 9.53 Å². The van der Waals surface area contributed by atoms with Crippen LogP contribution in [0, 0.1) is 6.92 Å². The first kappa shape index (κ1) is 14.6. The Morgan fingerprint density at radius 2 is 1.80 bits per heavy atom. The highest BCUT2D eigenvalue weighted by molar-refractivity contribution is 7.18. The van der Waals surface area contributed by atoms with Crippen molar-refractivity contribution in [1.29, 1.82) is 0 Å². The predicted molar refractivity (Wildman–Crippen MR) is 84.1 cm³/mol. The Morgan fingerprint density at radius 1 is 1.20 bits per heavy atom. The maximum atomic E-state index is 12.1. The van der Waals surface area contributed by atoms with Gasteiger partial charge in [0.15, 0.2) is 0 Å². The molecule has 0 aliphatic heterocycles. The number of nitrogens with two attached hydrogens (primary N) is 1. The molecule has 1 aromatic carbocycles. The molecule has 1 aromatic heterocycles. The molecule has 4 heteroatoms. The number of carbonyl (C=O) groups is 1. The summed E-state index contributed by atoms with van der Waals surface area (Å²) in [6.07, 6.45) is 0. The molecule has 0 unspecified atom stereocenters. The molecule has 2 N–H and O–H groups in total. The van der Waals surface area contributed by atoms with Gasteiger partial charge in [-0.2, -0.15) is 0 Å². The summed E-state index contributed by atoms with van der Waals surface area (Å²) >= 11 is 1.37. The van der Waals surface area contributed by atoms with Gasteiger partial charge in [0.1, 0.15) is 10.5 Å². The van der Waals surface area contributed by atoms with Gasteiger partial charge in [-0.3, -0.25) is 0 Å². The summed E-state index contributed by atoms with van der Waals surface area (Å²) in [6.45, 7) is 7.57. The van der Waals surface area contributed by atoms with Crippen LogP contribution >= 0.6 is 11.3 Å². The fourth-order valence-electron chi connectivity index (χ4n) is 1.75. The standard InChI is InChI=1S/C16H19NO2S/c1-10-5-7-11(8-6-10)13-9-12(17)14(20-13)15(18)19-16(2,3)4/h5-9H,17H2,1-4H3. The number of benzene rings is 1. The van der Waals surface area contributed by atoms with Gasteiger partial charge in [-0.05, 0) is 39.3 Å². The number of nitrogen functional groups attached to an aromatic ring is 1. The van der Waals surface area contributed by atoms with Crippen molar-refractivity contribution in [2.45, 2.75) is 33.3 Å². The molecule has 1 heterocycles. The Kier molecular flexibility index (Phi) is 3.86. The third kappa shape index (κ3) is 3.39. The lowest BCUT2D eigenvalue weighted by atomic mass is 10.1. The second kappa shape index (κ2) is 5.29. The zero-order valence-electron chi connectivity index (χ0n) is 12.2. The summed E-state index contributed by atoms with van der Waals surface area (Å²) < 4.78 is 5.36. The van der Waals surface area contributed by atoms with E-state index in [0.29, 0.717) is 10.6 Å². The summed E-state index contributed by atoms with van der Waals surface area (Å²) in [5.74, 6) is -0.363. The number of carbonyl (C=O) groups excluding carboxylic acids is 1. The largest absolute Gasteiger partial charge is 0.456 e. The Labute approximate surface area is 123 Å². The van der Waals surface area contributed by atoms with Crippen molar-refractivity contribution in [1.82, 2.24) is 0 Å². The average molecular weight is 289 g/mol. The van der Waals surface area contributed by atoms with E-state index in [2.05, 4.69) is 0 Å².